The second kappa shape index (κ2) is 5.69. The maximum atomic E-state index is 13.4. The van der Waals surface area contributed by atoms with E-state index in [1.165, 1.54) is 0 Å². The van der Waals surface area contributed by atoms with Crippen molar-refractivity contribution in [2.75, 3.05) is 0 Å². The summed E-state index contributed by atoms with van der Waals surface area (Å²) < 4.78 is 32.7. The fourth-order valence-electron chi connectivity index (χ4n) is 3.95. The zero-order valence-corrected chi connectivity index (χ0v) is 16.2. The molecule has 136 valence electrons. The lowest BCUT2D eigenvalue weighted by Gasteiger charge is -2.29. The zero-order valence-electron chi connectivity index (χ0n) is 14.7. The molecule has 2 aliphatic rings. The van der Waals surface area contributed by atoms with Gasteiger partial charge >= 0.3 is 0 Å². The van der Waals surface area contributed by atoms with Crippen LogP contribution in [0.15, 0.2) is 21.4 Å². The van der Waals surface area contributed by atoms with Gasteiger partial charge in [0.15, 0.2) is 15.4 Å². The minimum atomic E-state index is -3.58. The highest BCUT2D eigenvalue weighted by molar-refractivity contribution is 7.92. The van der Waals surface area contributed by atoms with Crippen LogP contribution >= 0.6 is 11.6 Å². The molecule has 7 heteroatoms. The van der Waals surface area contributed by atoms with Crippen LogP contribution in [0.5, 0.6) is 0 Å². The normalized spacial score (nSPS) is 27.1. The van der Waals surface area contributed by atoms with E-state index < -0.39 is 15.1 Å². The van der Waals surface area contributed by atoms with Crippen molar-refractivity contribution in [1.29, 1.82) is 0 Å². The molecule has 25 heavy (non-hydrogen) atoms. The Hall–Kier alpha value is -1.11. The average molecular weight is 383 g/mol. The van der Waals surface area contributed by atoms with Crippen LogP contribution in [0.25, 0.3) is 11.1 Å². The molecule has 2 unspecified atom stereocenters. The fraction of sp³-hybridized carbons (Fsp3) is 0.611. The fourth-order valence-corrected chi connectivity index (χ4v) is 6.48. The number of fused-ring (bicyclic) bond motifs is 3. The highest BCUT2D eigenvalue weighted by atomic mass is 35.5. The number of nitrogens with zero attached hydrogens (tertiary/aromatic N) is 1. The van der Waals surface area contributed by atoms with Gasteiger partial charge in [-0.25, -0.2) is 13.4 Å². The average Bonchev–Trinajstić information content (AvgIpc) is 3.09. The molecular weight excluding hydrogens is 360 g/mol. The summed E-state index contributed by atoms with van der Waals surface area (Å²) in [6.45, 7) is 5.95. The van der Waals surface area contributed by atoms with Crippen molar-refractivity contribution in [2.45, 2.75) is 74.1 Å². The third-order valence-corrected chi connectivity index (χ3v) is 7.92. The Bertz CT molecular complexity index is 918. The van der Waals surface area contributed by atoms with E-state index in [4.69, 9.17) is 16.0 Å². The largest absolute Gasteiger partial charge is 0.439 e. The molecule has 1 aromatic heterocycles. The Labute approximate surface area is 153 Å². The number of sulfone groups is 1. The lowest BCUT2D eigenvalue weighted by molar-refractivity contribution is 0.398. The van der Waals surface area contributed by atoms with E-state index in [0.29, 0.717) is 29.8 Å². The monoisotopic (exact) mass is 382 g/mol. The number of hydrogen-bond acceptors (Lipinski definition) is 5. The minimum Gasteiger partial charge on any atom is -0.439 e. The van der Waals surface area contributed by atoms with Crippen LogP contribution in [0.2, 0.25) is 5.02 Å². The Kier molecular flexibility index (Phi) is 3.94. The molecule has 0 aliphatic carbocycles. The van der Waals surface area contributed by atoms with E-state index in [2.05, 4.69) is 10.3 Å². The third-order valence-electron chi connectivity index (χ3n) is 5.26. The molecule has 0 amide bonds. The van der Waals surface area contributed by atoms with Gasteiger partial charge < -0.3 is 9.73 Å². The van der Waals surface area contributed by atoms with E-state index in [1.54, 1.807) is 12.1 Å². The molecule has 1 aromatic carbocycles. The summed E-state index contributed by atoms with van der Waals surface area (Å²) in [6, 6.07) is 3.91. The summed E-state index contributed by atoms with van der Waals surface area (Å²) in [4.78, 5) is 4.60. The van der Waals surface area contributed by atoms with E-state index in [0.717, 1.165) is 12.8 Å². The van der Waals surface area contributed by atoms with Crippen LogP contribution in [0.3, 0.4) is 0 Å². The van der Waals surface area contributed by atoms with Crippen LogP contribution in [-0.4, -0.2) is 30.7 Å². The highest BCUT2D eigenvalue weighted by Gasteiger charge is 2.42. The molecule has 0 saturated carbocycles. The maximum absolute atomic E-state index is 13.4. The van der Waals surface area contributed by atoms with Crippen LogP contribution in [0.4, 0.5) is 0 Å². The number of oxazole rings is 1. The Morgan fingerprint density at radius 3 is 2.44 bits per heavy atom. The number of halogens is 1. The first kappa shape index (κ1) is 17.3. The SMILES string of the molecule is CC(C)(C)c1nc2ccc(Cl)c(S(=O)(=O)C3CC4CCC(C3)N4)c2o1. The Morgan fingerprint density at radius 2 is 1.84 bits per heavy atom. The van der Waals surface area contributed by atoms with Crippen molar-refractivity contribution < 1.29 is 12.8 Å². The number of piperidine rings is 1. The van der Waals surface area contributed by atoms with Crippen molar-refractivity contribution >= 4 is 32.5 Å². The van der Waals surface area contributed by atoms with Crippen LogP contribution < -0.4 is 5.32 Å². The molecule has 4 rings (SSSR count). The van der Waals surface area contributed by atoms with E-state index in [9.17, 15) is 8.42 Å². The Morgan fingerprint density at radius 1 is 1.20 bits per heavy atom. The van der Waals surface area contributed by atoms with Gasteiger partial charge in [0.1, 0.15) is 10.4 Å². The van der Waals surface area contributed by atoms with Gasteiger partial charge in [-0.15, -0.1) is 0 Å². The number of hydrogen-bond donors (Lipinski definition) is 1. The van der Waals surface area contributed by atoms with Gasteiger partial charge in [0.25, 0.3) is 0 Å². The highest BCUT2D eigenvalue weighted by Crippen LogP contribution is 2.39. The van der Waals surface area contributed by atoms with E-state index in [-0.39, 0.29) is 27.4 Å². The van der Waals surface area contributed by atoms with Crippen molar-refractivity contribution in [3.63, 3.8) is 0 Å². The van der Waals surface area contributed by atoms with Crippen LogP contribution in [0, 0.1) is 0 Å². The molecule has 2 atom stereocenters. The summed E-state index contributed by atoms with van der Waals surface area (Å²) in [5.74, 6) is 0.520. The standard InChI is InChI=1S/C18H23ClN2O3S/c1-18(2,3)17-21-14-7-6-13(19)16(15(14)24-17)25(22,23)12-8-10-4-5-11(9-12)20-10/h6-7,10-12,20H,4-5,8-9H2,1-3H3. The molecule has 2 aromatic rings. The Balaban J connectivity index is 1.84. The molecular formula is C18H23ClN2O3S. The summed E-state index contributed by atoms with van der Waals surface area (Å²) in [5, 5.41) is 3.29. The van der Waals surface area contributed by atoms with Gasteiger partial charge in [0.2, 0.25) is 5.89 Å². The predicted octanol–water partition coefficient (Wildman–Crippen LogP) is 3.84. The first-order valence-electron chi connectivity index (χ1n) is 8.76. The van der Waals surface area contributed by atoms with Crippen molar-refractivity contribution in [3.8, 4) is 0 Å². The summed E-state index contributed by atoms with van der Waals surface area (Å²) in [7, 11) is -3.58. The first-order chi connectivity index (χ1) is 11.7. The number of rotatable bonds is 2. The van der Waals surface area contributed by atoms with Crippen molar-refractivity contribution in [2.24, 2.45) is 0 Å². The van der Waals surface area contributed by atoms with Gasteiger partial charge in [0, 0.05) is 17.5 Å². The lowest BCUT2D eigenvalue weighted by Crippen LogP contribution is -2.43. The number of aromatic nitrogens is 1. The topological polar surface area (TPSA) is 72.2 Å². The van der Waals surface area contributed by atoms with Gasteiger partial charge in [-0.2, -0.15) is 0 Å². The van der Waals surface area contributed by atoms with E-state index >= 15 is 0 Å². The smallest absolute Gasteiger partial charge is 0.200 e. The molecule has 2 saturated heterocycles. The number of nitrogens with one attached hydrogen (secondary N) is 1. The second-order valence-corrected chi connectivity index (χ2v) is 10.8. The maximum Gasteiger partial charge on any atom is 0.200 e. The van der Waals surface area contributed by atoms with Gasteiger partial charge in [-0.05, 0) is 37.8 Å². The molecule has 0 radical (unpaired) electrons. The molecule has 5 nitrogen and oxygen atoms in total. The first-order valence-corrected chi connectivity index (χ1v) is 10.7. The quantitative estimate of drug-likeness (QED) is 0.854. The molecule has 2 aliphatic heterocycles. The van der Waals surface area contributed by atoms with Gasteiger partial charge in [0.05, 0.1) is 10.3 Å². The third kappa shape index (κ3) is 2.88. The van der Waals surface area contributed by atoms with E-state index in [1.807, 2.05) is 20.8 Å². The molecule has 0 spiro atoms. The molecule has 3 heterocycles. The van der Waals surface area contributed by atoms with Gasteiger partial charge in [-0.1, -0.05) is 32.4 Å². The summed E-state index contributed by atoms with van der Waals surface area (Å²) in [5.41, 5.74) is 0.536. The summed E-state index contributed by atoms with van der Waals surface area (Å²) in [6.07, 6.45) is 3.35. The van der Waals surface area contributed by atoms with Crippen LogP contribution in [0.1, 0.15) is 52.3 Å². The second-order valence-electron chi connectivity index (χ2n) is 8.27. The lowest BCUT2D eigenvalue weighted by atomic mass is 9.97. The van der Waals surface area contributed by atoms with Crippen molar-refractivity contribution in [3.05, 3.63) is 23.0 Å². The van der Waals surface area contributed by atoms with Gasteiger partial charge in [-0.3, -0.25) is 0 Å². The molecule has 2 fully saturated rings. The predicted molar refractivity (Wildman–Crippen MR) is 97.9 cm³/mol. The zero-order chi connectivity index (χ0) is 18.0. The number of benzene rings is 1. The molecule has 2 bridgehead atoms. The van der Waals surface area contributed by atoms with Crippen molar-refractivity contribution in [1.82, 2.24) is 10.3 Å². The van der Waals surface area contributed by atoms with Crippen LogP contribution in [-0.2, 0) is 15.3 Å². The summed E-state index contributed by atoms with van der Waals surface area (Å²) >= 11 is 6.34. The minimum absolute atomic E-state index is 0.112. The molecule has 1 N–H and O–H groups in total.